The van der Waals surface area contributed by atoms with Gasteiger partial charge in [0.15, 0.2) is 0 Å². The van der Waals surface area contributed by atoms with Gasteiger partial charge in [-0.3, -0.25) is 4.79 Å². The molecule has 1 saturated carbocycles. The number of hydrogen-bond donors (Lipinski definition) is 2. The first kappa shape index (κ1) is 12.9. The van der Waals surface area contributed by atoms with Crippen molar-refractivity contribution in [3.8, 4) is 5.75 Å². The van der Waals surface area contributed by atoms with Gasteiger partial charge in [0, 0.05) is 12.1 Å². The molecule has 4 nitrogen and oxygen atoms in total. The topological polar surface area (TPSA) is 60.8 Å². The SMILES string of the molecule is CN(C)CCc1ccc(O)c(C2(C(=O)O)CC2)c1. The van der Waals surface area contributed by atoms with Gasteiger partial charge >= 0.3 is 5.97 Å². The molecule has 2 rings (SSSR count). The zero-order valence-electron chi connectivity index (χ0n) is 10.8. The van der Waals surface area contributed by atoms with Crippen molar-refractivity contribution in [1.82, 2.24) is 4.90 Å². The molecule has 0 unspecified atom stereocenters. The van der Waals surface area contributed by atoms with Crippen LogP contribution in [0.2, 0.25) is 0 Å². The number of aliphatic carboxylic acids is 1. The number of carbonyl (C=O) groups is 1. The molecule has 0 atom stereocenters. The summed E-state index contributed by atoms with van der Waals surface area (Å²) in [5, 5.41) is 19.1. The number of phenols is 1. The zero-order chi connectivity index (χ0) is 13.3. The first-order valence-electron chi connectivity index (χ1n) is 6.16. The van der Waals surface area contributed by atoms with Crippen molar-refractivity contribution in [1.29, 1.82) is 0 Å². The highest BCUT2D eigenvalue weighted by molar-refractivity contribution is 5.86. The van der Waals surface area contributed by atoms with E-state index >= 15 is 0 Å². The molecule has 1 aromatic carbocycles. The van der Waals surface area contributed by atoms with E-state index in [1.807, 2.05) is 26.2 Å². The molecule has 0 radical (unpaired) electrons. The first-order chi connectivity index (χ1) is 8.45. The Bertz CT molecular complexity index is 464. The summed E-state index contributed by atoms with van der Waals surface area (Å²) in [5.41, 5.74) is 0.813. The van der Waals surface area contributed by atoms with Crippen LogP contribution in [-0.2, 0) is 16.6 Å². The molecule has 4 heteroatoms. The third-order valence-electron chi connectivity index (χ3n) is 3.58. The van der Waals surface area contributed by atoms with E-state index in [2.05, 4.69) is 4.90 Å². The highest BCUT2D eigenvalue weighted by Gasteiger charge is 2.53. The lowest BCUT2D eigenvalue weighted by atomic mass is 9.93. The van der Waals surface area contributed by atoms with Gasteiger partial charge in [-0.15, -0.1) is 0 Å². The molecule has 98 valence electrons. The lowest BCUT2D eigenvalue weighted by molar-refractivity contribution is -0.140. The average molecular weight is 249 g/mol. The van der Waals surface area contributed by atoms with Crippen molar-refractivity contribution in [2.24, 2.45) is 0 Å². The molecule has 0 heterocycles. The van der Waals surface area contributed by atoms with Crippen LogP contribution >= 0.6 is 0 Å². The lowest BCUT2D eigenvalue weighted by Gasteiger charge is -2.15. The van der Waals surface area contributed by atoms with E-state index in [0.29, 0.717) is 18.4 Å². The Hall–Kier alpha value is -1.55. The quantitative estimate of drug-likeness (QED) is 0.832. The summed E-state index contributed by atoms with van der Waals surface area (Å²) in [5.74, 6) is -0.730. The number of likely N-dealkylation sites (N-methyl/N-ethyl adjacent to an activating group) is 1. The van der Waals surface area contributed by atoms with Crippen molar-refractivity contribution in [3.63, 3.8) is 0 Å². The number of nitrogens with zero attached hydrogens (tertiary/aromatic N) is 1. The minimum Gasteiger partial charge on any atom is -0.508 e. The van der Waals surface area contributed by atoms with E-state index in [4.69, 9.17) is 0 Å². The van der Waals surface area contributed by atoms with E-state index < -0.39 is 11.4 Å². The molecular weight excluding hydrogens is 230 g/mol. The number of aromatic hydroxyl groups is 1. The highest BCUT2D eigenvalue weighted by Crippen LogP contribution is 2.51. The Morgan fingerprint density at radius 1 is 1.39 bits per heavy atom. The molecule has 0 aliphatic heterocycles. The van der Waals surface area contributed by atoms with Gasteiger partial charge in [0.1, 0.15) is 5.75 Å². The summed E-state index contributed by atoms with van der Waals surface area (Å²) in [6.45, 7) is 0.907. The molecule has 18 heavy (non-hydrogen) atoms. The molecule has 0 saturated heterocycles. The number of hydrogen-bond acceptors (Lipinski definition) is 3. The van der Waals surface area contributed by atoms with Gasteiger partial charge in [0.2, 0.25) is 0 Å². The maximum absolute atomic E-state index is 11.3. The Labute approximate surface area is 107 Å². The average Bonchev–Trinajstić information content (AvgIpc) is 3.09. The minimum absolute atomic E-state index is 0.100. The minimum atomic E-state index is -0.835. The monoisotopic (exact) mass is 249 g/mol. The second-order valence-electron chi connectivity index (χ2n) is 5.29. The molecule has 1 aliphatic rings. The molecule has 1 fully saturated rings. The van der Waals surface area contributed by atoms with Crippen molar-refractivity contribution in [2.75, 3.05) is 20.6 Å². The number of carboxylic acid groups (broad SMARTS) is 1. The molecule has 0 amide bonds. The van der Waals surface area contributed by atoms with Crippen LogP contribution in [0.1, 0.15) is 24.0 Å². The number of rotatable bonds is 5. The fourth-order valence-corrected chi connectivity index (χ4v) is 2.20. The molecule has 1 aliphatic carbocycles. The van der Waals surface area contributed by atoms with Crippen LogP contribution in [0.5, 0.6) is 5.75 Å². The highest BCUT2D eigenvalue weighted by atomic mass is 16.4. The predicted octanol–water partition coefficient (Wildman–Crippen LogP) is 1.61. The van der Waals surface area contributed by atoms with Gasteiger partial charge in [0.25, 0.3) is 0 Å². The summed E-state index contributed by atoms with van der Waals surface area (Å²) in [6, 6.07) is 5.32. The molecular formula is C14H19NO3. The molecule has 2 N–H and O–H groups in total. The van der Waals surface area contributed by atoms with Crippen molar-refractivity contribution < 1.29 is 15.0 Å². The zero-order valence-corrected chi connectivity index (χ0v) is 10.8. The fraction of sp³-hybridized carbons (Fsp3) is 0.500. The van der Waals surface area contributed by atoms with Gasteiger partial charge in [-0.25, -0.2) is 0 Å². The largest absolute Gasteiger partial charge is 0.508 e. The third-order valence-corrected chi connectivity index (χ3v) is 3.58. The van der Waals surface area contributed by atoms with Gasteiger partial charge < -0.3 is 15.1 Å². The van der Waals surface area contributed by atoms with E-state index in [1.165, 1.54) is 0 Å². The maximum Gasteiger partial charge on any atom is 0.314 e. The van der Waals surface area contributed by atoms with Crippen LogP contribution in [-0.4, -0.2) is 41.7 Å². The van der Waals surface area contributed by atoms with Gasteiger partial charge in [-0.2, -0.15) is 0 Å². The summed E-state index contributed by atoms with van der Waals surface area (Å²) in [7, 11) is 4.00. The van der Waals surface area contributed by atoms with E-state index in [-0.39, 0.29) is 5.75 Å². The third kappa shape index (κ3) is 2.34. The Morgan fingerprint density at radius 3 is 2.56 bits per heavy atom. The molecule has 1 aromatic rings. The second kappa shape index (κ2) is 4.61. The number of benzene rings is 1. The van der Waals surface area contributed by atoms with Crippen LogP contribution < -0.4 is 0 Å². The van der Waals surface area contributed by atoms with Crippen LogP contribution in [0.3, 0.4) is 0 Å². The fourth-order valence-electron chi connectivity index (χ4n) is 2.20. The van der Waals surface area contributed by atoms with Crippen LogP contribution in [0, 0.1) is 0 Å². The van der Waals surface area contributed by atoms with Crippen LogP contribution in [0.4, 0.5) is 0 Å². The molecule has 0 aromatic heterocycles. The summed E-state index contributed by atoms with van der Waals surface area (Å²) >= 11 is 0. The van der Waals surface area contributed by atoms with E-state index in [9.17, 15) is 15.0 Å². The normalized spacial score (nSPS) is 16.8. The first-order valence-corrected chi connectivity index (χ1v) is 6.16. The Morgan fingerprint density at radius 2 is 2.06 bits per heavy atom. The van der Waals surface area contributed by atoms with Crippen molar-refractivity contribution >= 4 is 5.97 Å². The predicted molar refractivity (Wildman–Crippen MR) is 68.9 cm³/mol. The Balaban J connectivity index is 2.25. The van der Waals surface area contributed by atoms with Crippen molar-refractivity contribution in [2.45, 2.75) is 24.7 Å². The number of carboxylic acids is 1. The lowest BCUT2D eigenvalue weighted by Crippen LogP contribution is -2.20. The van der Waals surface area contributed by atoms with Gasteiger partial charge in [-0.05, 0) is 45.0 Å². The number of phenolic OH excluding ortho intramolecular Hbond substituents is 1. The summed E-state index contributed by atoms with van der Waals surface area (Å²) in [6.07, 6.45) is 2.09. The smallest absolute Gasteiger partial charge is 0.314 e. The van der Waals surface area contributed by atoms with Crippen LogP contribution in [0.15, 0.2) is 18.2 Å². The Kier molecular flexibility index (Phi) is 3.30. The summed E-state index contributed by atoms with van der Waals surface area (Å²) in [4.78, 5) is 13.4. The maximum atomic E-state index is 11.3. The molecule has 0 spiro atoms. The van der Waals surface area contributed by atoms with Gasteiger partial charge in [-0.1, -0.05) is 12.1 Å². The second-order valence-corrected chi connectivity index (χ2v) is 5.29. The van der Waals surface area contributed by atoms with Gasteiger partial charge in [0.05, 0.1) is 5.41 Å². The van der Waals surface area contributed by atoms with E-state index in [1.54, 1.807) is 6.07 Å². The van der Waals surface area contributed by atoms with E-state index in [0.717, 1.165) is 18.5 Å². The summed E-state index contributed by atoms with van der Waals surface area (Å²) < 4.78 is 0. The molecule has 0 bridgehead atoms. The van der Waals surface area contributed by atoms with Crippen LogP contribution in [0.25, 0.3) is 0 Å². The standard InChI is InChI=1S/C14H19NO3/c1-15(2)8-5-10-3-4-12(16)11(9-10)14(6-7-14)13(17)18/h3-4,9,16H,5-8H2,1-2H3,(H,17,18). The van der Waals surface area contributed by atoms with Crippen molar-refractivity contribution in [3.05, 3.63) is 29.3 Å².